The summed E-state index contributed by atoms with van der Waals surface area (Å²) >= 11 is 0. The maximum absolute atomic E-state index is 11.4. The fraction of sp³-hybridized carbons (Fsp3) is 0.500. The van der Waals surface area contributed by atoms with E-state index < -0.39 is 0 Å². The van der Waals surface area contributed by atoms with Gasteiger partial charge in [0.1, 0.15) is 5.76 Å². The van der Waals surface area contributed by atoms with E-state index in [4.69, 9.17) is 14.9 Å². The summed E-state index contributed by atoms with van der Waals surface area (Å²) in [6.45, 7) is 2.44. The molecule has 2 N–H and O–H groups in total. The fourth-order valence-corrected chi connectivity index (χ4v) is 1.19. The van der Waals surface area contributed by atoms with Crippen molar-refractivity contribution >= 4 is 5.97 Å². The smallest absolute Gasteiger partial charge is 0.310 e. The van der Waals surface area contributed by atoms with Gasteiger partial charge in [0.15, 0.2) is 0 Å². The minimum Gasteiger partial charge on any atom is -0.469 e. The van der Waals surface area contributed by atoms with Gasteiger partial charge >= 0.3 is 5.97 Å². The Morgan fingerprint density at radius 3 is 3.00 bits per heavy atom. The molecule has 1 rings (SSSR count). The Bertz CT molecular complexity index is 269. The Hall–Kier alpha value is -1.29. The van der Waals surface area contributed by atoms with Crippen LogP contribution in [0.15, 0.2) is 22.8 Å². The van der Waals surface area contributed by atoms with Crippen molar-refractivity contribution in [1.82, 2.24) is 0 Å². The quantitative estimate of drug-likeness (QED) is 0.714. The number of nitrogens with two attached hydrogens (primary N) is 1. The zero-order valence-electron chi connectivity index (χ0n) is 8.23. The van der Waals surface area contributed by atoms with Gasteiger partial charge in [-0.25, -0.2) is 0 Å². The topological polar surface area (TPSA) is 65.5 Å². The molecule has 4 nitrogen and oxygen atoms in total. The summed E-state index contributed by atoms with van der Waals surface area (Å²) in [7, 11) is 0. The lowest BCUT2D eigenvalue weighted by molar-refractivity contribution is -0.147. The molecule has 0 fully saturated rings. The van der Waals surface area contributed by atoms with Gasteiger partial charge in [-0.1, -0.05) is 0 Å². The molecule has 1 aromatic heterocycles. The first kappa shape index (κ1) is 10.8. The molecule has 0 aliphatic rings. The SMILES string of the molecule is CCOC(=O)[C@@H](CN)Cc1ccco1. The number of carbonyl (C=O) groups excluding carboxylic acids is 1. The molecule has 1 aromatic rings. The molecule has 0 radical (unpaired) electrons. The summed E-state index contributed by atoms with van der Waals surface area (Å²) in [4.78, 5) is 11.4. The molecular formula is C10H15NO3. The molecule has 0 amide bonds. The molecule has 0 saturated carbocycles. The Morgan fingerprint density at radius 2 is 2.50 bits per heavy atom. The van der Waals surface area contributed by atoms with Crippen molar-refractivity contribution in [2.45, 2.75) is 13.3 Å². The third kappa shape index (κ3) is 2.88. The highest BCUT2D eigenvalue weighted by Crippen LogP contribution is 2.10. The van der Waals surface area contributed by atoms with Crippen LogP contribution in [0.3, 0.4) is 0 Å². The maximum Gasteiger partial charge on any atom is 0.310 e. The van der Waals surface area contributed by atoms with E-state index in [9.17, 15) is 4.79 Å². The lowest BCUT2D eigenvalue weighted by Gasteiger charge is -2.11. The van der Waals surface area contributed by atoms with E-state index >= 15 is 0 Å². The lowest BCUT2D eigenvalue weighted by Crippen LogP contribution is -2.27. The average Bonchev–Trinajstić information content (AvgIpc) is 2.66. The molecule has 78 valence electrons. The lowest BCUT2D eigenvalue weighted by atomic mass is 10.0. The van der Waals surface area contributed by atoms with Gasteiger partial charge in [-0.2, -0.15) is 0 Å². The summed E-state index contributed by atoms with van der Waals surface area (Å²) in [5, 5.41) is 0. The van der Waals surface area contributed by atoms with Gasteiger partial charge in [-0.3, -0.25) is 4.79 Å². The first-order valence-electron chi connectivity index (χ1n) is 4.67. The summed E-state index contributed by atoms with van der Waals surface area (Å²) in [5.74, 6) is 0.195. The van der Waals surface area contributed by atoms with Crippen molar-refractivity contribution in [1.29, 1.82) is 0 Å². The summed E-state index contributed by atoms with van der Waals surface area (Å²) in [6, 6.07) is 3.61. The Morgan fingerprint density at radius 1 is 1.71 bits per heavy atom. The molecule has 0 saturated heterocycles. The van der Waals surface area contributed by atoms with Crippen molar-refractivity contribution in [3.63, 3.8) is 0 Å². The molecule has 0 aliphatic carbocycles. The molecular weight excluding hydrogens is 182 g/mol. The second kappa shape index (κ2) is 5.44. The van der Waals surface area contributed by atoms with Crippen molar-refractivity contribution < 1.29 is 13.9 Å². The standard InChI is InChI=1S/C10H15NO3/c1-2-13-10(12)8(7-11)6-9-4-3-5-14-9/h3-5,8H,2,6-7,11H2,1H3/t8-/m1/s1. The molecule has 0 aliphatic heterocycles. The number of hydrogen-bond donors (Lipinski definition) is 1. The van der Waals surface area contributed by atoms with Crippen LogP contribution in [0.4, 0.5) is 0 Å². The van der Waals surface area contributed by atoms with E-state index in [0.717, 1.165) is 5.76 Å². The van der Waals surface area contributed by atoms with E-state index in [-0.39, 0.29) is 18.4 Å². The molecule has 0 aromatic carbocycles. The molecule has 14 heavy (non-hydrogen) atoms. The third-order valence-electron chi connectivity index (χ3n) is 1.93. The van der Waals surface area contributed by atoms with Gasteiger partial charge in [-0.05, 0) is 19.1 Å². The van der Waals surface area contributed by atoms with Gasteiger partial charge in [0.05, 0.1) is 18.8 Å². The number of ether oxygens (including phenoxy) is 1. The number of rotatable bonds is 5. The van der Waals surface area contributed by atoms with Crippen molar-refractivity contribution in [2.75, 3.05) is 13.2 Å². The van der Waals surface area contributed by atoms with E-state index in [2.05, 4.69) is 0 Å². The second-order valence-corrected chi connectivity index (χ2v) is 2.97. The van der Waals surface area contributed by atoms with Crippen molar-refractivity contribution in [3.8, 4) is 0 Å². The minimum atomic E-state index is -0.305. The van der Waals surface area contributed by atoms with Crippen molar-refractivity contribution in [2.24, 2.45) is 11.7 Å². The van der Waals surface area contributed by atoms with Crippen molar-refractivity contribution in [3.05, 3.63) is 24.2 Å². The second-order valence-electron chi connectivity index (χ2n) is 2.97. The Balaban J connectivity index is 2.50. The summed E-state index contributed by atoms with van der Waals surface area (Å²) in [5.41, 5.74) is 5.48. The van der Waals surface area contributed by atoms with Crippen LogP contribution >= 0.6 is 0 Å². The van der Waals surface area contributed by atoms with Crippen LogP contribution in [0.1, 0.15) is 12.7 Å². The predicted molar refractivity (Wildman–Crippen MR) is 51.6 cm³/mol. The number of furan rings is 1. The normalized spacial score (nSPS) is 12.4. The van der Waals surface area contributed by atoms with Crippen LogP contribution < -0.4 is 5.73 Å². The number of carbonyl (C=O) groups is 1. The summed E-state index contributed by atoms with van der Waals surface area (Å²) in [6.07, 6.45) is 2.08. The van der Waals surface area contributed by atoms with Crippen LogP contribution in [-0.2, 0) is 16.0 Å². The fourth-order valence-electron chi connectivity index (χ4n) is 1.19. The maximum atomic E-state index is 11.4. The molecule has 4 heteroatoms. The van der Waals surface area contributed by atoms with Crippen LogP contribution in [0.5, 0.6) is 0 Å². The van der Waals surface area contributed by atoms with E-state index in [1.54, 1.807) is 19.3 Å². The zero-order chi connectivity index (χ0) is 10.4. The molecule has 0 bridgehead atoms. The highest BCUT2D eigenvalue weighted by atomic mass is 16.5. The first-order chi connectivity index (χ1) is 6.77. The number of hydrogen-bond acceptors (Lipinski definition) is 4. The zero-order valence-corrected chi connectivity index (χ0v) is 8.23. The minimum absolute atomic E-state index is 0.258. The highest BCUT2D eigenvalue weighted by molar-refractivity contribution is 5.72. The molecule has 1 heterocycles. The number of esters is 1. The van der Waals surface area contributed by atoms with Crippen LogP contribution in [0, 0.1) is 5.92 Å². The summed E-state index contributed by atoms with van der Waals surface area (Å²) < 4.78 is 10.0. The predicted octanol–water partition coefficient (Wildman–Crippen LogP) is 0.960. The van der Waals surface area contributed by atoms with Crippen LogP contribution in [0.2, 0.25) is 0 Å². The van der Waals surface area contributed by atoms with Gasteiger partial charge in [-0.15, -0.1) is 0 Å². The largest absolute Gasteiger partial charge is 0.469 e. The van der Waals surface area contributed by atoms with Gasteiger partial charge < -0.3 is 14.9 Å². The highest BCUT2D eigenvalue weighted by Gasteiger charge is 2.19. The Labute approximate surface area is 83.0 Å². The van der Waals surface area contributed by atoms with Gasteiger partial charge in [0.25, 0.3) is 0 Å². The molecule has 0 spiro atoms. The van der Waals surface area contributed by atoms with Gasteiger partial charge in [0.2, 0.25) is 0 Å². The average molecular weight is 197 g/mol. The first-order valence-corrected chi connectivity index (χ1v) is 4.67. The van der Waals surface area contributed by atoms with E-state index in [0.29, 0.717) is 13.0 Å². The van der Waals surface area contributed by atoms with Crippen LogP contribution in [-0.4, -0.2) is 19.1 Å². The van der Waals surface area contributed by atoms with E-state index in [1.807, 2.05) is 6.07 Å². The van der Waals surface area contributed by atoms with Crippen LogP contribution in [0.25, 0.3) is 0 Å². The van der Waals surface area contributed by atoms with E-state index in [1.165, 1.54) is 0 Å². The molecule has 1 atom stereocenters. The third-order valence-corrected chi connectivity index (χ3v) is 1.93. The Kier molecular flexibility index (Phi) is 4.19. The monoisotopic (exact) mass is 197 g/mol. The molecule has 0 unspecified atom stereocenters. The van der Waals surface area contributed by atoms with Gasteiger partial charge in [0, 0.05) is 13.0 Å².